The van der Waals surface area contributed by atoms with Crippen molar-refractivity contribution in [2.24, 2.45) is 0 Å². The second kappa shape index (κ2) is 4.85. The van der Waals surface area contributed by atoms with E-state index >= 15 is 0 Å². The lowest BCUT2D eigenvalue weighted by atomic mass is 10.2. The molecule has 0 aliphatic carbocycles. The summed E-state index contributed by atoms with van der Waals surface area (Å²) in [7, 11) is 1.78. The summed E-state index contributed by atoms with van der Waals surface area (Å²) in [5, 5.41) is 2.98. The molecule has 0 spiro atoms. The van der Waals surface area contributed by atoms with E-state index < -0.39 is 11.7 Å². The maximum Gasteiger partial charge on any atom is 0.416 e. The zero-order chi connectivity index (χ0) is 14.2. The summed E-state index contributed by atoms with van der Waals surface area (Å²) in [6.07, 6.45) is -4.33. The van der Waals surface area contributed by atoms with E-state index in [1.54, 1.807) is 7.05 Å². The van der Waals surface area contributed by atoms with Crippen LogP contribution in [0.2, 0.25) is 0 Å². The van der Waals surface area contributed by atoms with Gasteiger partial charge in [-0.3, -0.25) is 0 Å². The molecule has 0 saturated carbocycles. The highest BCUT2D eigenvalue weighted by molar-refractivity contribution is 5.77. The van der Waals surface area contributed by atoms with Gasteiger partial charge in [-0.05, 0) is 39.1 Å². The molecule has 0 bridgehead atoms. The Labute approximate surface area is 109 Å². The molecule has 6 heteroatoms. The van der Waals surface area contributed by atoms with E-state index in [4.69, 9.17) is 0 Å². The van der Waals surface area contributed by atoms with E-state index in [0.29, 0.717) is 12.1 Å². The summed E-state index contributed by atoms with van der Waals surface area (Å²) < 4.78 is 40.0. The van der Waals surface area contributed by atoms with Crippen LogP contribution in [0.5, 0.6) is 0 Å². The van der Waals surface area contributed by atoms with E-state index in [1.165, 1.54) is 6.07 Å². The zero-order valence-electron chi connectivity index (χ0n) is 11.0. The first-order valence-corrected chi connectivity index (χ1v) is 6.07. The number of alkyl halides is 3. The normalized spacial score (nSPS) is 12.6. The highest BCUT2D eigenvalue weighted by atomic mass is 19.4. The first-order valence-electron chi connectivity index (χ1n) is 6.07. The van der Waals surface area contributed by atoms with Crippen LogP contribution in [0.15, 0.2) is 18.2 Å². The Morgan fingerprint density at radius 2 is 2.00 bits per heavy atom. The van der Waals surface area contributed by atoms with E-state index in [2.05, 4.69) is 10.3 Å². The summed E-state index contributed by atoms with van der Waals surface area (Å²) in [4.78, 5) is 4.30. The number of hydrogen-bond donors (Lipinski definition) is 1. The van der Waals surface area contributed by atoms with Gasteiger partial charge in [-0.25, -0.2) is 4.98 Å². The number of fused-ring (bicyclic) bond motifs is 1. The van der Waals surface area contributed by atoms with Crippen molar-refractivity contribution in [2.45, 2.75) is 32.6 Å². The number of benzene rings is 1. The van der Waals surface area contributed by atoms with Gasteiger partial charge in [0.05, 0.1) is 23.1 Å². The smallest absolute Gasteiger partial charge is 0.324 e. The van der Waals surface area contributed by atoms with Gasteiger partial charge in [0.2, 0.25) is 0 Å². The van der Waals surface area contributed by atoms with E-state index in [0.717, 1.165) is 23.5 Å². The van der Waals surface area contributed by atoms with E-state index in [9.17, 15) is 13.2 Å². The first-order chi connectivity index (χ1) is 8.84. The Balaban J connectivity index is 2.62. The Bertz CT molecular complexity index is 585. The molecule has 1 N–H and O–H groups in total. The molecule has 0 aliphatic heterocycles. The number of nitrogens with one attached hydrogen (secondary N) is 1. The molecule has 0 radical (unpaired) electrons. The standard InChI is InChI=1S/C13H16F3N3/c1-8(2)19-11-5-4-9(13(14,15)16)6-10(11)18-12(19)7-17-3/h4-6,8,17H,7H2,1-3H3. The lowest BCUT2D eigenvalue weighted by Gasteiger charge is -2.13. The maximum absolute atomic E-state index is 12.7. The van der Waals surface area contributed by atoms with Crippen molar-refractivity contribution < 1.29 is 13.2 Å². The summed E-state index contributed by atoms with van der Waals surface area (Å²) in [5.41, 5.74) is 0.450. The van der Waals surface area contributed by atoms with Gasteiger partial charge < -0.3 is 9.88 Å². The molecule has 1 heterocycles. The van der Waals surface area contributed by atoms with E-state index in [-0.39, 0.29) is 6.04 Å². The number of aromatic nitrogens is 2. The second-order valence-electron chi connectivity index (χ2n) is 4.72. The minimum Gasteiger partial charge on any atom is -0.324 e. The lowest BCUT2D eigenvalue weighted by Crippen LogP contribution is -2.13. The highest BCUT2D eigenvalue weighted by Gasteiger charge is 2.31. The van der Waals surface area contributed by atoms with Crippen molar-refractivity contribution in [3.05, 3.63) is 29.6 Å². The second-order valence-corrected chi connectivity index (χ2v) is 4.72. The Hall–Kier alpha value is -1.56. The van der Waals surface area contributed by atoms with Gasteiger partial charge in [0, 0.05) is 6.04 Å². The largest absolute Gasteiger partial charge is 0.416 e. The van der Waals surface area contributed by atoms with Gasteiger partial charge >= 0.3 is 6.18 Å². The molecule has 3 nitrogen and oxygen atoms in total. The number of hydrogen-bond acceptors (Lipinski definition) is 2. The monoisotopic (exact) mass is 271 g/mol. The third kappa shape index (κ3) is 2.58. The fourth-order valence-corrected chi connectivity index (χ4v) is 2.18. The Kier molecular flexibility index (Phi) is 3.54. The van der Waals surface area contributed by atoms with Gasteiger partial charge in [0.1, 0.15) is 5.82 Å². The number of imidazole rings is 1. The molecule has 104 valence electrons. The van der Waals surface area contributed by atoms with Gasteiger partial charge in [0.15, 0.2) is 0 Å². The van der Waals surface area contributed by atoms with Crippen molar-refractivity contribution in [3.63, 3.8) is 0 Å². The predicted octanol–water partition coefficient (Wildman–Crippen LogP) is 3.36. The molecule has 0 amide bonds. The molecule has 0 aliphatic rings. The SMILES string of the molecule is CNCc1nc2cc(C(F)(F)F)ccc2n1C(C)C. The molecule has 1 aromatic heterocycles. The van der Waals surface area contributed by atoms with Crippen molar-refractivity contribution in [3.8, 4) is 0 Å². The van der Waals surface area contributed by atoms with Crippen LogP contribution in [0, 0.1) is 0 Å². The Morgan fingerprint density at radius 1 is 1.32 bits per heavy atom. The van der Waals surface area contributed by atoms with Crippen LogP contribution in [-0.2, 0) is 12.7 Å². The lowest BCUT2D eigenvalue weighted by molar-refractivity contribution is -0.137. The van der Waals surface area contributed by atoms with Crippen LogP contribution in [0.3, 0.4) is 0 Å². The number of nitrogens with zero attached hydrogens (tertiary/aromatic N) is 2. The summed E-state index contributed by atoms with van der Waals surface area (Å²) in [6.45, 7) is 4.49. The molecule has 0 atom stereocenters. The Morgan fingerprint density at radius 3 is 2.53 bits per heavy atom. The molecule has 1 aromatic carbocycles. The van der Waals surface area contributed by atoms with Gasteiger partial charge in [-0.1, -0.05) is 0 Å². The summed E-state index contributed by atoms with van der Waals surface area (Å²) in [5.74, 6) is 0.742. The molecule has 2 aromatic rings. The van der Waals surface area contributed by atoms with Gasteiger partial charge in [-0.2, -0.15) is 13.2 Å². The summed E-state index contributed by atoms with van der Waals surface area (Å²) in [6, 6.07) is 3.84. The van der Waals surface area contributed by atoms with Crippen molar-refractivity contribution in [1.29, 1.82) is 0 Å². The van der Waals surface area contributed by atoms with Crippen molar-refractivity contribution in [1.82, 2.24) is 14.9 Å². The number of halogens is 3. The molecular weight excluding hydrogens is 255 g/mol. The van der Waals surface area contributed by atoms with Crippen LogP contribution in [0.4, 0.5) is 13.2 Å². The van der Waals surface area contributed by atoms with Crippen molar-refractivity contribution in [2.75, 3.05) is 7.05 Å². The van der Waals surface area contributed by atoms with Gasteiger partial charge in [-0.15, -0.1) is 0 Å². The third-order valence-electron chi connectivity index (χ3n) is 2.94. The maximum atomic E-state index is 12.7. The average molecular weight is 271 g/mol. The van der Waals surface area contributed by atoms with Crippen LogP contribution in [-0.4, -0.2) is 16.6 Å². The molecule has 0 unspecified atom stereocenters. The van der Waals surface area contributed by atoms with Crippen LogP contribution < -0.4 is 5.32 Å². The quantitative estimate of drug-likeness (QED) is 0.927. The minimum atomic E-state index is -4.33. The van der Waals surface area contributed by atoms with Gasteiger partial charge in [0.25, 0.3) is 0 Å². The highest BCUT2D eigenvalue weighted by Crippen LogP contribution is 2.32. The fourth-order valence-electron chi connectivity index (χ4n) is 2.18. The van der Waals surface area contributed by atoms with Crippen LogP contribution in [0.1, 0.15) is 31.3 Å². The average Bonchev–Trinajstić information content (AvgIpc) is 2.65. The fraction of sp³-hybridized carbons (Fsp3) is 0.462. The number of rotatable bonds is 3. The topological polar surface area (TPSA) is 29.9 Å². The first kappa shape index (κ1) is 13.9. The van der Waals surface area contributed by atoms with E-state index in [1.807, 2.05) is 18.4 Å². The van der Waals surface area contributed by atoms with Crippen LogP contribution >= 0.6 is 0 Å². The third-order valence-corrected chi connectivity index (χ3v) is 2.94. The molecule has 0 fully saturated rings. The van der Waals surface area contributed by atoms with Crippen molar-refractivity contribution >= 4 is 11.0 Å². The minimum absolute atomic E-state index is 0.144. The van der Waals surface area contributed by atoms with Crippen LogP contribution in [0.25, 0.3) is 11.0 Å². The molecular formula is C13H16F3N3. The summed E-state index contributed by atoms with van der Waals surface area (Å²) >= 11 is 0. The molecule has 0 saturated heterocycles. The molecule has 2 rings (SSSR count). The molecule has 19 heavy (non-hydrogen) atoms. The zero-order valence-corrected chi connectivity index (χ0v) is 11.0. The predicted molar refractivity (Wildman–Crippen MR) is 67.9 cm³/mol.